The number of amides is 1. The summed E-state index contributed by atoms with van der Waals surface area (Å²) in [6.07, 6.45) is 13.8. The van der Waals surface area contributed by atoms with E-state index in [9.17, 15) is 9.00 Å². The summed E-state index contributed by atoms with van der Waals surface area (Å²) in [4.78, 5) is 11.8. The average molecular weight is 374 g/mol. The Hall–Kier alpha value is -1.62. The van der Waals surface area contributed by atoms with E-state index in [2.05, 4.69) is 4.72 Å². The summed E-state index contributed by atoms with van der Waals surface area (Å²) in [5.74, 6) is 1.21. The molecule has 2 unspecified atom stereocenters. The number of hydrogen-bond acceptors (Lipinski definition) is 3. The lowest BCUT2D eigenvalue weighted by molar-refractivity contribution is -0.114. The molecule has 1 aromatic carbocycles. The quantitative estimate of drug-likeness (QED) is 0.854. The fourth-order valence-corrected chi connectivity index (χ4v) is 5.86. The highest BCUT2D eigenvalue weighted by molar-refractivity contribution is 7.93. The lowest BCUT2D eigenvalue weighted by atomic mass is 9.63. The standard InChI is InChI=1S/C21H27NO3S/c23-20-13-19(26(24)22-20)17-6-8-18(9-7-17)25-15-16-5-4-12-21(14-16)10-2-1-3-11-21/h6-9,13,16H,1-5,10-12,14-15H2,(H,22,23). The van der Waals surface area contributed by atoms with E-state index < -0.39 is 11.0 Å². The van der Waals surface area contributed by atoms with Crippen LogP contribution in [0.2, 0.25) is 0 Å². The number of nitrogens with one attached hydrogen (secondary N) is 1. The zero-order chi connectivity index (χ0) is 18.0. The van der Waals surface area contributed by atoms with Gasteiger partial charge in [0.15, 0.2) is 11.0 Å². The molecule has 1 aliphatic heterocycles. The van der Waals surface area contributed by atoms with Crippen molar-refractivity contribution in [3.63, 3.8) is 0 Å². The van der Waals surface area contributed by atoms with Gasteiger partial charge in [0.2, 0.25) is 0 Å². The third-order valence-electron chi connectivity index (χ3n) is 6.24. The van der Waals surface area contributed by atoms with Crippen molar-refractivity contribution in [2.75, 3.05) is 6.61 Å². The monoisotopic (exact) mass is 373 g/mol. The number of benzene rings is 1. The molecule has 1 amide bonds. The molecule has 4 nitrogen and oxygen atoms in total. The largest absolute Gasteiger partial charge is 0.493 e. The fraction of sp³-hybridized carbons (Fsp3) is 0.571. The number of ether oxygens (including phenoxy) is 1. The van der Waals surface area contributed by atoms with Gasteiger partial charge in [-0.25, -0.2) is 4.21 Å². The molecule has 2 fully saturated rings. The Bertz CT molecular complexity index is 714. The zero-order valence-electron chi connectivity index (χ0n) is 15.2. The molecule has 5 heteroatoms. The summed E-state index contributed by atoms with van der Waals surface area (Å²) < 4.78 is 20.3. The van der Waals surface area contributed by atoms with Gasteiger partial charge >= 0.3 is 0 Å². The summed E-state index contributed by atoms with van der Waals surface area (Å²) >= 11 is 0. The van der Waals surface area contributed by atoms with Crippen LogP contribution >= 0.6 is 0 Å². The van der Waals surface area contributed by atoms with Crippen LogP contribution in [0.4, 0.5) is 0 Å². The van der Waals surface area contributed by atoms with E-state index in [4.69, 9.17) is 4.74 Å². The van der Waals surface area contributed by atoms with Crippen LogP contribution in [0.1, 0.15) is 63.4 Å². The van der Waals surface area contributed by atoms with E-state index in [0.717, 1.165) is 17.9 Å². The Labute approximate surface area is 158 Å². The number of hydrogen-bond donors (Lipinski definition) is 1. The summed E-state index contributed by atoms with van der Waals surface area (Å²) in [5, 5.41) is 0. The number of rotatable bonds is 4. The third kappa shape index (κ3) is 3.88. The summed E-state index contributed by atoms with van der Waals surface area (Å²) in [5.41, 5.74) is 1.40. The minimum Gasteiger partial charge on any atom is -0.493 e. The first-order valence-corrected chi connectivity index (χ1v) is 11.0. The van der Waals surface area contributed by atoms with Crippen molar-refractivity contribution in [3.05, 3.63) is 35.9 Å². The summed E-state index contributed by atoms with van der Waals surface area (Å²) in [6, 6.07) is 7.58. The molecular weight excluding hydrogens is 346 g/mol. The summed E-state index contributed by atoms with van der Waals surface area (Å²) in [6.45, 7) is 0.787. The molecule has 2 aliphatic carbocycles. The smallest absolute Gasteiger partial charge is 0.257 e. The van der Waals surface area contributed by atoms with Gasteiger partial charge in [0, 0.05) is 6.08 Å². The lowest BCUT2D eigenvalue weighted by Crippen LogP contribution is -2.33. The van der Waals surface area contributed by atoms with Crippen LogP contribution in [-0.4, -0.2) is 16.7 Å². The Morgan fingerprint density at radius 1 is 1.08 bits per heavy atom. The Morgan fingerprint density at radius 2 is 1.81 bits per heavy atom. The molecule has 0 saturated heterocycles. The van der Waals surface area contributed by atoms with Gasteiger partial charge in [-0.1, -0.05) is 37.8 Å². The minimum atomic E-state index is -1.44. The zero-order valence-corrected chi connectivity index (χ0v) is 16.0. The maximum atomic E-state index is 11.8. The molecule has 0 radical (unpaired) electrons. The number of carbonyl (C=O) groups is 1. The van der Waals surface area contributed by atoms with Gasteiger partial charge in [-0.05, 0) is 61.1 Å². The highest BCUT2D eigenvalue weighted by Gasteiger charge is 2.37. The second kappa shape index (κ2) is 7.55. The first-order valence-electron chi connectivity index (χ1n) is 9.81. The fourth-order valence-electron chi connectivity index (χ4n) is 4.95. The van der Waals surface area contributed by atoms with Crippen molar-refractivity contribution in [1.29, 1.82) is 0 Å². The van der Waals surface area contributed by atoms with Crippen LogP contribution in [0, 0.1) is 11.3 Å². The van der Waals surface area contributed by atoms with Crippen LogP contribution in [-0.2, 0) is 15.8 Å². The van der Waals surface area contributed by atoms with E-state index >= 15 is 0 Å². The van der Waals surface area contributed by atoms with Crippen molar-refractivity contribution in [1.82, 2.24) is 4.72 Å². The van der Waals surface area contributed by atoms with Crippen molar-refractivity contribution in [2.24, 2.45) is 11.3 Å². The van der Waals surface area contributed by atoms with Gasteiger partial charge in [0.25, 0.3) is 5.91 Å². The van der Waals surface area contributed by atoms with E-state index in [1.807, 2.05) is 24.3 Å². The Balaban J connectivity index is 1.34. The normalized spacial score (nSPS) is 27.8. The minimum absolute atomic E-state index is 0.299. The van der Waals surface area contributed by atoms with Crippen LogP contribution in [0.3, 0.4) is 0 Å². The van der Waals surface area contributed by atoms with E-state index in [1.165, 1.54) is 63.9 Å². The Kier molecular flexibility index (Phi) is 5.16. The highest BCUT2D eigenvalue weighted by atomic mass is 32.2. The van der Waals surface area contributed by atoms with E-state index in [-0.39, 0.29) is 5.91 Å². The van der Waals surface area contributed by atoms with Crippen LogP contribution in [0.15, 0.2) is 30.3 Å². The predicted molar refractivity (Wildman–Crippen MR) is 104 cm³/mol. The maximum absolute atomic E-state index is 11.8. The van der Waals surface area contributed by atoms with Crippen LogP contribution in [0.25, 0.3) is 4.91 Å². The molecule has 26 heavy (non-hydrogen) atoms. The molecule has 1 spiro atoms. The van der Waals surface area contributed by atoms with Crippen LogP contribution < -0.4 is 9.46 Å². The van der Waals surface area contributed by atoms with Crippen molar-refractivity contribution >= 4 is 21.8 Å². The molecule has 1 N–H and O–H groups in total. The third-order valence-corrected chi connectivity index (χ3v) is 7.37. The van der Waals surface area contributed by atoms with Gasteiger partial charge in [-0.15, -0.1) is 0 Å². The summed E-state index contributed by atoms with van der Waals surface area (Å²) in [7, 11) is -1.44. The maximum Gasteiger partial charge on any atom is 0.257 e. The number of carbonyl (C=O) groups excluding carboxylic acids is 1. The predicted octanol–water partition coefficient (Wildman–Crippen LogP) is 4.34. The second-order valence-corrected chi connectivity index (χ2v) is 9.28. The molecule has 0 bridgehead atoms. The van der Waals surface area contributed by atoms with Crippen molar-refractivity contribution in [2.45, 2.75) is 57.8 Å². The van der Waals surface area contributed by atoms with Gasteiger partial charge in [-0.3, -0.25) is 9.52 Å². The van der Waals surface area contributed by atoms with Gasteiger partial charge in [0.1, 0.15) is 5.75 Å². The van der Waals surface area contributed by atoms with Crippen LogP contribution in [0.5, 0.6) is 5.75 Å². The molecule has 0 aromatic heterocycles. The average Bonchev–Trinajstić information content (AvgIpc) is 2.99. The molecular formula is C21H27NO3S. The first kappa shape index (κ1) is 17.8. The molecule has 1 heterocycles. The van der Waals surface area contributed by atoms with Crippen molar-refractivity contribution in [3.8, 4) is 5.75 Å². The second-order valence-electron chi connectivity index (χ2n) is 8.10. The highest BCUT2D eigenvalue weighted by Crippen LogP contribution is 2.49. The van der Waals surface area contributed by atoms with Crippen molar-refractivity contribution < 1.29 is 13.7 Å². The molecule has 140 valence electrons. The van der Waals surface area contributed by atoms with Gasteiger partial charge < -0.3 is 4.74 Å². The molecule has 3 aliphatic rings. The topological polar surface area (TPSA) is 55.4 Å². The molecule has 2 atom stereocenters. The molecule has 2 saturated carbocycles. The molecule has 4 rings (SSSR count). The Morgan fingerprint density at radius 3 is 2.50 bits per heavy atom. The SMILES string of the molecule is O=C1C=C(c2ccc(OCC3CCCC4(CCCCC4)C3)cc2)S(=O)N1. The van der Waals surface area contributed by atoms with E-state index in [0.29, 0.717) is 16.2 Å². The molecule has 1 aromatic rings. The van der Waals surface area contributed by atoms with E-state index in [1.54, 1.807) is 0 Å². The van der Waals surface area contributed by atoms with Gasteiger partial charge in [-0.2, -0.15) is 0 Å². The van der Waals surface area contributed by atoms with Gasteiger partial charge in [0.05, 0.1) is 11.5 Å². The lowest BCUT2D eigenvalue weighted by Gasteiger charge is -2.43. The first-order chi connectivity index (χ1) is 12.6.